The molecule has 0 atom stereocenters. The van der Waals surface area contributed by atoms with Gasteiger partial charge in [0.2, 0.25) is 5.60 Å². The van der Waals surface area contributed by atoms with Crippen LogP contribution in [-0.4, -0.2) is 36.7 Å². The summed E-state index contributed by atoms with van der Waals surface area (Å²) < 4.78 is 15.6. The molecule has 0 fully saturated rings. The van der Waals surface area contributed by atoms with Crippen molar-refractivity contribution >= 4 is 10.2 Å². The van der Waals surface area contributed by atoms with Gasteiger partial charge in [-0.25, -0.2) is 0 Å². The fourth-order valence-electron chi connectivity index (χ4n) is 0.811. The van der Waals surface area contributed by atoms with Crippen molar-refractivity contribution in [3.05, 3.63) is 0 Å². The predicted molar refractivity (Wildman–Crippen MR) is 52.2 cm³/mol. The van der Waals surface area contributed by atoms with Gasteiger partial charge in [0.25, 0.3) is 0 Å². The maximum Gasteiger partial charge on any atom is 0.244 e. The summed E-state index contributed by atoms with van der Waals surface area (Å²) in [7, 11) is 3.94. The smallest absolute Gasteiger partial charge is 0.244 e. The predicted octanol–water partition coefficient (Wildman–Crippen LogP) is 0.463. The lowest BCUT2D eigenvalue weighted by Gasteiger charge is -2.26. The Hall–Kier alpha value is 0.0969. The molecule has 0 saturated heterocycles. The van der Waals surface area contributed by atoms with E-state index in [1.54, 1.807) is 14.2 Å². The molecule has 0 aliphatic carbocycles. The van der Waals surface area contributed by atoms with Crippen molar-refractivity contribution in [1.29, 1.82) is 0 Å². The third-order valence-electron chi connectivity index (χ3n) is 1.85. The van der Waals surface area contributed by atoms with Crippen LogP contribution in [-0.2, 0) is 14.2 Å². The van der Waals surface area contributed by atoms with Crippen molar-refractivity contribution in [3.8, 4) is 0 Å². The van der Waals surface area contributed by atoms with E-state index in [0.717, 1.165) is 23.3 Å². The molecule has 0 heterocycles. The Labute approximate surface area is 77.8 Å². The van der Waals surface area contributed by atoms with Gasteiger partial charge in [-0.1, -0.05) is 19.8 Å². The lowest BCUT2D eigenvalue weighted by molar-refractivity contribution is -0.304. The van der Waals surface area contributed by atoms with Gasteiger partial charge in [0, 0.05) is 14.2 Å². The summed E-state index contributed by atoms with van der Waals surface area (Å²) in [5, 5.41) is 0. The van der Waals surface area contributed by atoms with E-state index < -0.39 is 5.60 Å². The van der Waals surface area contributed by atoms with Gasteiger partial charge < -0.3 is 14.2 Å². The lowest BCUT2D eigenvalue weighted by Crippen LogP contribution is -2.37. The van der Waals surface area contributed by atoms with E-state index in [2.05, 4.69) is 6.92 Å². The van der Waals surface area contributed by atoms with Crippen molar-refractivity contribution in [2.24, 2.45) is 0 Å². The van der Waals surface area contributed by atoms with Crippen molar-refractivity contribution < 1.29 is 14.2 Å². The normalized spacial score (nSPS) is 12.2. The van der Waals surface area contributed by atoms with Gasteiger partial charge >= 0.3 is 0 Å². The van der Waals surface area contributed by atoms with E-state index in [1.165, 1.54) is 12.8 Å². The van der Waals surface area contributed by atoms with Crippen LogP contribution in [0.3, 0.4) is 0 Å². The molecular weight excluding hydrogens is 172 g/mol. The standard InChI is InChI=1S/C8H20O3Si/c1-4-5-6-7-11-8(12,9-2)10-3/h4-7H2,1-3,12H3. The Bertz CT molecular complexity index is 104. The van der Waals surface area contributed by atoms with Gasteiger partial charge in [0.05, 0.1) is 6.61 Å². The van der Waals surface area contributed by atoms with Crippen LogP contribution in [0.4, 0.5) is 0 Å². The Morgan fingerprint density at radius 1 is 1.17 bits per heavy atom. The number of unbranched alkanes of at least 4 members (excludes halogenated alkanes) is 2. The molecule has 0 aliphatic heterocycles. The molecule has 0 amide bonds. The van der Waals surface area contributed by atoms with Crippen LogP contribution in [0.1, 0.15) is 26.2 Å². The van der Waals surface area contributed by atoms with Crippen molar-refractivity contribution in [2.45, 2.75) is 31.8 Å². The zero-order valence-corrected chi connectivity index (χ0v) is 10.6. The van der Waals surface area contributed by atoms with E-state index in [0.29, 0.717) is 0 Å². The zero-order valence-electron chi connectivity index (χ0n) is 8.55. The highest BCUT2D eigenvalue weighted by molar-refractivity contribution is 6.12. The summed E-state index contributed by atoms with van der Waals surface area (Å²) >= 11 is 0. The van der Waals surface area contributed by atoms with E-state index in [4.69, 9.17) is 14.2 Å². The summed E-state index contributed by atoms with van der Waals surface area (Å²) in [5.74, 6) is 0. The summed E-state index contributed by atoms with van der Waals surface area (Å²) in [6.45, 7) is 2.89. The molecule has 74 valence electrons. The molecule has 0 N–H and O–H groups in total. The molecule has 0 unspecified atom stereocenters. The Morgan fingerprint density at radius 3 is 2.17 bits per heavy atom. The van der Waals surface area contributed by atoms with Crippen molar-refractivity contribution in [2.75, 3.05) is 20.8 Å². The van der Waals surface area contributed by atoms with E-state index in [9.17, 15) is 0 Å². The first-order chi connectivity index (χ1) is 5.68. The van der Waals surface area contributed by atoms with Crippen LogP contribution in [0.5, 0.6) is 0 Å². The second-order valence-electron chi connectivity index (χ2n) is 2.83. The van der Waals surface area contributed by atoms with Crippen LogP contribution in [0.2, 0.25) is 0 Å². The number of hydrogen-bond donors (Lipinski definition) is 0. The second kappa shape index (κ2) is 6.60. The molecule has 0 radical (unpaired) electrons. The van der Waals surface area contributed by atoms with Crippen LogP contribution in [0.15, 0.2) is 0 Å². The molecule has 0 bridgehead atoms. The molecule has 0 aromatic carbocycles. The van der Waals surface area contributed by atoms with Crippen molar-refractivity contribution in [3.63, 3.8) is 0 Å². The van der Waals surface area contributed by atoms with Crippen LogP contribution in [0.25, 0.3) is 0 Å². The summed E-state index contributed by atoms with van der Waals surface area (Å²) in [6, 6.07) is 0. The molecule has 0 aromatic heterocycles. The van der Waals surface area contributed by atoms with E-state index in [-0.39, 0.29) is 0 Å². The Balaban J connectivity index is 3.45. The van der Waals surface area contributed by atoms with Gasteiger partial charge in [-0.2, -0.15) is 0 Å². The molecular formula is C8H20O3Si. The molecule has 0 saturated carbocycles. The summed E-state index contributed by atoms with van der Waals surface area (Å²) in [4.78, 5) is 0. The SMILES string of the molecule is CCCCCOC([SiH3])(OC)OC. The molecule has 4 heteroatoms. The lowest BCUT2D eigenvalue weighted by atomic mass is 10.3. The van der Waals surface area contributed by atoms with Crippen molar-refractivity contribution in [1.82, 2.24) is 0 Å². The molecule has 0 rings (SSSR count). The average Bonchev–Trinajstić information content (AvgIpc) is 2.12. The van der Waals surface area contributed by atoms with Crippen LogP contribution < -0.4 is 0 Å². The maximum absolute atomic E-state index is 5.45. The highest BCUT2D eigenvalue weighted by Crippen LogP contribution is 2.08. The molecule has 3 nitrogen and oxygen atoms in total. The minimum atomic E-state index is -0.728. The molecule has 12 heavy (non-hydrogen) atoms. The van der Waals surface area contributed by atoms with E-state index >= 15 is 0 Å². The van der Waals surface area contributed by atoms with Gasteiger partial charge in [-0.3, -0.25) is 0 Å². The molecule has 0 aliphatic rings. The van der Waals surface area contributed by atoms with Gasteiger partial charge in [0.1, 0.15) is 10.2 Å². The molecule has 0 spiro atoms. The number of rotatable bonds is 7. The second-order valence-corrected chi connectivity index (χ2v) is 4.05. The fraction of sp³-hybridized carbons (Fsp3) is 1.00. The zero-order chi connectivity index (χ0) is 9.45. The van der Waals surface area contributed by atoms with Crippen LogP contribution >= 0.6 is 0 Å². The third-order valence-corrected chi connectivity index (χ3v) is 2.96. The summed E-state index contributed by atoms with van der Waals surface area (Å²) in [5.41, 5.74) is -0.728. The third kappa shape index (κ3) is 4.87. The van der Waals surface area contributed by atoms with Gasteiger partial charge in [-0.05, 0) is 6.42 Å². The Kier molecular flexibility index (Phi) is 6.65. The van der Waals surface area contributed by atoms with E-state index in [1.807, 2.05) is 0 Å². The number of ether oxygens (including phenoxy) is 3. The van der Waals surface area contributed by atoms with Gasteiger partial charge in [0.15, 0.2) is 0 Å². The Morgan fingerprint density at radius 2 is 1.75 bits per heavy atom. The number of hydrogen-bond acceptors (Lipinski definition) is 3. The first kappa shape index (κ1) is 12.1. The maximum atomic E-state index is 5.45. The fourth-order valence-corrected chi connectivity index (χ4v) is 1.01. The highest BCUT2D eigenvalue weighted by Gasteiger charge is 2.21. The monoisotopic (exact) mass is 192 g/mol. The summed E-state index contributed by atoms with van der Waals surface area (Å²) in [6.07, 6.45) is 3.48. The minimum Gasteiger partial charge on any atom is -0.336 e. The largest absolute Gasteiger partial charge is 0.336 e. The van der Waals surface area contributed by atoms with Crippen LogP contribution in [0, 0.1) is 0 Å². The number of methoxy groups -OCH3 is 2. The highest BCUT2D eigenvalue weighted by atomic mass is 28.1. The first-order valence-electron chi connectivity index (χ1n) is 4.42. The molecule has 0 aromatic rings. The van der Waals surface area contributed by atoms with Gasteiger partial charge in [-0.15, -0.1) is 0 Å². The first-order valence-corrected chi connectivity index (χ1v) is 5.42. The topological polar surface area (TPSA) is 27.7 Å². The average molecular weight is 192 g/mol. The minimum absolute atomic E-state index is 0.721. The quantitative estimate of drug-likeness (QED) is 0.333.